The minimum Gasteiger partial charge on any atom is -0.462 e. The van der Waals surface area contributed by atoms with E-state index in [0.717, 1.165) is 89.9 Å². The van der Waals surface area contributed by atoms with Crippen molar-refractivity contribution in [2.45, 2.75) is 418 Å². The van der Waals surface area contributed by atoms with Gasteiger partial charge in [-0.3, -0.25) is 37.3 Å². The number of phosphoric acid groups is 2. The van der Waals surface area contributed by atoms with E-state index in [9.17, 15) is 43.2 Å². The maximum Gasteiger partial charge on any atom is 0.472 e. The molecule has 558 valence electrons. The molecule has 0 bridgehead atoms. The minimum atomic E-state index is -4.95. The van der Waals surface area contributed by atoms with Gasteiger partial charge >= 0.3 is 39.5 Å². The molecule has 17 nitrogen and oxygen atoms in total. The van der Waals surface area contributed by atoms with Crippen LogP contribution in [0.4, 0.5) is 0 Å². The average molecular weight is 1380 g/mol. The fourth-order valence-corrected chi connectivity index (χ4v) is 13.2. The second-order valence-corrected chi connectivity index (χ2v) is 29.9. The summed E-state index contributed by atoms with van der Waals surface area (Å²) in [6.45, 7) is 5.00. The van der Waals surface area contributed by atoms with Gasteiger partial charge in [-0.1, -0.05) is 349 Å². The van der Waals surface area contributed by atoms with Crippen molar-refractivity contribution in [3.8, 4) is 0 Å². The van der Waals surface area contributed by atoms with Crippen LogP contribution < -0.4 is 0 Å². The Hall–Kier alpha value is -1.94. The van der Waals surface area contributed by atoms with Gasteiger partial charge in [0.25, 0.3) is 0 Å². The lowest BCUT2D eigenvalue weighted by Crippen LogP contribution is -2.30. The van der Waals surface area contributed by atoms with Crippen LogP contribution in [0.15, 0.2) is 0 Å². The van der Waals surface area contributed by atoms with E-state index in [4.69, 9.17) is 37.0 Å². The number of esters is 4. The number of carbonyl (C=O) groups excluding carboxylic acids is 4. The first-order valence-electron chi connectivity index (χ1n) is 39.3. The van der Waals surface area contributed by atoms with Crippen molar-refractivity contribution in [1.29, 1.82) is 0 Å². The maximum atomic E-state index is 13.1. The molecule has 0 aliphatic heterocycles. The molecule has 0 radical (unpaired) electrons. The zero-order valence-electron chi connectivity index (χ0n) is 60.9. The van der Waals surface area contributed by atoms with Gasteiger partial charge in [-0.05, 0) is 25.7 Å². The molecule has 0 spiro atoms. The molecule has 5 atom stereocenters. The van der Waals surface area contributed by atoms with E-state index < -0.39 is 97.5 Å². The first-order chi connectivity index (χ1) is 45.7. The maximum absolute atomic E-state index is 13.1. The monoisotopic (exact) mass is 1380 g/mol. The molecule has 0 saturated heterocycles. The third-order valence-electron chi connectivity index (χ3n) is 17.6. The average Bonchev–Trinajstić information content (AvgIpc) is 2.26. The summed E-state index contributed by atoms with van der Waals surface area (Å²) in [7, 11) is -9.91. The number of phosphoric ester groups is 2. The largest absolute Gasteiger partial charge is 0.472 e. The number of rotatable bonds is 76. The zero-order valence-corrected chi connectivity index (χ0v) is 62.7. The van der Waals surface area contributed by atoms with E-state index in [0.29, 0.717) is 25.7 Å². The third kappa shape index (κ3) is 68.6. The molecular formula is C75H146O17P2. The van der Waals surface area contributed by atoms with Crippen molar-refractivity contribution in [2.75, 3.05) is 39.6 Å². The fraction of sp³-hybridized carbons (Fsp3) is 0.947. The van der Waals surface area contributed by atoms with Crippen molar-refractivity contribution in [3.05, 3.63) is 0 Å². The Bertz CT molecular complexity index is 1790. The zero-order chi connectivity index (χ0) is 69.0. The molecule has 3 unspecified atom stereocenters. The van der Waals surface area contributed by atoms with Crippen LogP contribution in [-0.2, 0) is 65.4 Å². The molecule has 0 aliphatic rings. The lowest BCUT2D eigenvalue weighted by molar-refractivity contribution is -0.161. The van der Waals surface area contributed by atoms with E-state index in [2.05, 4.69) is 27.7 Å². The van der Waals surface area contributed by atoms with Crippen LogP contribution in [0.2, 0.25) is 0 Å². The summed E-state index contributed by atoms with van der Waals surface area (Å²) in [6, 6.07) is 0. The summed E-state index contributed by atoms with van der Waals surface area (Å²) in [5.41, 5.74) is 0. The predicted octanol–water partition coefficient (Wildman–Crippen LogP) is 22.2. The van der Waals surface area contributed by atoms with Gasteiger partial charge in [0.15, 0.2) is 12.2 Å². The van der Waals surface area contributed by atoms with Gasteiger partial charge in [0, 0.05) is 25.7 Å². The van der Waals surface area contributed by atoms with Crippen molar-refractivity contribution in [3.63, 3.8) is 0 Å². The van der Waals surface area contributed by atoms with Crippen LogP contribution in [0.25, 0.3) is 0 Å². The number of aliphatic hydroxyl groups excluding tert-OH is 1. The van der Waals surface area contributed by atoms with Crippen LogP contribution in [0.5, 0.6) is 0 Å². The lowest BCUT2D eigenvalue weighted by Gasteiger charge is -2.21. The fourth-order valence-electron chi connectivity index (χ4n) is 11.6. The predicted molar refractivity (Wildman–Crippen MR) is 382 cm³/mol. The van der Waals surface area contributed by atoms with E-state index in [1.165, 1.54) is 231 Å². The Morgan fingerprint density at radius 1 is 0.255 bits per heavy atom. The van der Waals surface area contributed by atoms with Gasteiger partial charge in [-0.25, -0.2) is 9.13 Å². The lowest BCUT2D eigenvalue weighted by atomic mass is 10.0. The molecule has 0 rings (SSSR count). The minimum absolute atomic E-state index is 0.109. The summed E-state index contributed by atoms with van der Waals surface area (Å²) in [5.74, 6) is -2.11. The molecule has 0 heterocycles. The van der Waals surface area contributed by atoms with Gasteiger partial charge in [0.1, 0.15) is 19.3 Å². The number of ether oxygens (including phenoxy) is 4. The van der Waals surface area contributed by atoms with Crippen molar-refractivity contribution in [1.82, 2.24) is 0 Å². The highest BCUT2D eigenvalue weighted by molar-refractivity contribution is 7.47. The van der Waals surface area contributed by atoms with Crippen molar-refractivity contribution >= 4 is 39.5 Å². The van der Waals surface area contributed by atoms with Gasteiger partial charge < -0.3 is 33.8 Å². The van der Waals surface area contributed by atoms with Crippen LogP contribution >= 0.6 is 15.6 Å². The Labute approximate surface area is 575 Å². The molecule has 0 saturated carbocycles. The summed E-state index contributed by atoms with van der Waals surface area (Å²) in [6.07, 6.45) is 59.3. The van der Waals surface area contributed by atoms with Gasteiger partial charge in [0.2, 0.25) is 0 Å². The molecule has 0 aliphatic carbocycles. The highest BCUT2D eigenvalue weighted by Gasteiger charge is 2.30. The van der Waals surface area contributed by atoms with Crippen molar-refractivity contribution in [2.24, 2.45) is 0 Å². The smallest absolute Gasteiger partial charge is 0.462 e. The topological polar surface area (TPSA) is 237 Å². The number of unbranched alkanes of at least 4 members (excludes halogenated alkanes) is 50. The van der Waals surface area contributed by atoms with Gasteiger partial charge in [-0.15, -0.1) is 0 Å². The highest BCUT2D eigenvalue weighted by Crippen LogP contribution is 2.45. The summed E-state index contributed by atoms with van der Waals surface area (Å²) in [4.78, 5) is 72.8. The normalized spacial score (nSPS) is 13.9. The number of aliphatic hydroxyl groups is 1. The Morgan fingerprint density at radius 3 is 0.628 bits per heavy atom. The van der Waals surface area contributed by atoms with Gasteiger partial charge in [0.05, 0.1) is 26.4 Å². The second kappa shape index (κ2) is 69.5. The molecule has 0 amide bonds. The second-order valence-electron chi connectivity index (χ2n) is 27.0. The van der Waals surface area contributed by atoms with Crippen molar-refractivity contribution < 1.29 is 80.2 Å². The van der Waals surface area contributed by atoms with Crippen LogP contribution in [-0.4, -0.2) is 96.7 Å². The molecule has 0 aromatic heterocycles. The molecule has 94 heavy (non-hydrogen) atoms. The number of hydrogen-bond donors (Lipinski definition) is 3. The molecular weight excluding hydrogens is 1230 g/mol. The van der Waals surface area contributed by atoms with Crippen LogP contribution in [0, 0.1) is 0 Å². The molecule has 3 N–H and O–H groups in total. The van der Waals surface area contributed by atoms with Gasteiger partial charge in [-0.2, -0.15) is 0 Å². The van der Waals surface area contributed by atoms with E-state index in [1.807, 2.05) is 0 Å². The summed E-state index contributed by atoms with van der Waals surface area (Å²) in [5, 5.41) is 10.6. The number of hydrogen-bond acceptors (Lipinski definition) is 15. The summed E-state index contributed by atoms with van der Waals surface area (Å²) < 4.78 is 68.5. The molecule has 19 heteroatoms. The van der Waals surface area contributed by atoms with Crippen LogP contribution in [0.3, 0.4) is 0 Å². The third-order valence-corrected chi connectivity index (χ3v) is 19.5. The summed E-state index contributed by atoms with van der Waals surface area (Å²) >= 11 is 0. The van der Waals surface area contributed by atoms with E-state index >= 15 is 0 Å². The highest BCUT2D eigenvalue weighted by atomic mass is 31.2. The van der Waals surface area contributed by atoms with E-state index in [1.54, 1.807) is 0 Å². The Balaban J connectivity index is 5.26. The van der Waals surface area contributed by atoms with Crippen LogP contribution in [0.1, 0.15) is 400 Å². The first kappa shape index (κ1) is 92.1. The Kier molecular flexibility index (Phi) is 68.1. The quantitative estimate of drug-likeness (QED) is 0.0222. The first-order valence-corrected chi connectivity index (χ1v) is 42.3. The molecule has 0 fully saturated rings. The standard InChI is InChI=1S/C75H146O17P2/c1-5-9-13-17-21-25-29-33-34-38-42-46-50-54-58-62-75(80)92-71(66-86-73(78)60-56-52-48-44-40-36-31-27-23-19-15-11-7-3)68-90-94(83,84)88-64-69(76)63-87-93(81,82)89-67-70(91-74(79)61-57-53-49-45-41-37-32-28-24-20-16-12-8-4)65-85-72(77)59-55-51-47-43-39-35-30-26-22-18-14-10-6-2/h69-71,76H,5-68H2,1-4H3,(H,81,82)(H,83,84)/t69?,70-,71-/m1/s1. The Morgan fingerprint density at radius 2 is 0.426 bits per heavy atom. The molecule has 0 aromatic rings. The van der Waals surface area contributed by atoms with E-state index in [-0.39, 0.29) is 25.7 Å². The number of carbonyl (C=O) groups is 4. The SMILES string of the molecule is CCCCCCCCCCCCCCCCCC(=O)O[C@H](COC(=O)CCCCCCCCCCCCCCC)COP(=O)(O)OCC(O)COP(=O)(O)OC[C@@H](COC(=O)CCCCCCCCCCCCCCC)OC(=O)CCCCCCCCCCCCCCC. The molecule has 0 aromatic carbocycles.